The van der Waals surface area contributed by atoms with Crippen LogP contribution in [0.5, 0.6) is 0 Å². The van der Waals surface area contributed by atoms with E-state index in [0.29, 0.717) is 23.2 Å². The first-order chi connectivity index (χ1) is 9.91. The molecule has 3 nitrogen and oxygen atoms in total. The molecule has 0 aliphatic heterocycles. The van der Waals surface area contributed by atoms with Crippen molar-refractivity contribution < 1.29 is 9.53 Å². The summed E-state index contributed by atoms with van der Waals surface area (Å²) in [5, 5.41) is 0. The lowest BCUT2D eigenvalue weighted by molar-refractivity contribution is -0.187. The number of esters is 1. The molecule has 3 saturated carbocycles. The summed E-state index contributed by atoms with van der Waals surface area (Å²) >= 11 is 0. The van der Waals surface area contributed by atoms with Crippen molar-refractivity contribution in [1.82, 2.24) is 4.98 Å². The Labute approximate surface area is 127 Å². The Morgan fingerprint density at radius 2 is 2.00 bits per heavy atom. The van der Waals surface area contributed by atoms with Gasteiger partial charge in [0.25, 0.3) is 0 Å². The normalized spacial score (nSPS) is 34.7. The van der Waals surface area contributed by atoms with Gasteiger partial charge in [-0.05, 0) is 60.6 Å². The molecule has 0 N–H and O–H groups in total. The highest BCUT2D eigenvalue weighted by Gasteiger charge is 2.57. The zero-order chi connectivity index (χ0) is 15.2. The number of nitrogens with zero attached hydrogens (tertiary/aromatic N) is 1. The van der Waals surface area contributed by atoms with Gasteiger partial charge in [-0.15, -0.1) is 0 Å². The molecule has 0 spiro atoms. The van der Waals surface area contributed by atoms with E-state index >= 15 is 0 Å². The summed E-state index contributed by atoms with van der Waals surface area (Å²) in [4.78, 5) is 16.4. The Hall–Kier alpha value is -1.38. The van der Waals surface area contributed by atoms with Crippen LogP contribution in [0.1, 0.15) is 52.0 Å². The van der Waals surface area contributed by atoms with Crippen molar-refractivity contribution in [1.29, 1.82) is 0 Å². The summed E-state index contributed by atoms with van der Waals surface area (Å²) in [6.45, 7) is 8.88. The maximum atomic E-state index is 12.4. The summed E-state index contributed by atoms with van der Waals surface area (Å²) in [7, 11) is 0. The maximum Gasteiger partial charge on any atom is 0.313 e. The van der Waals surface area contributed by atoms with Crippen LogP contribution in [0, 0.1) is 23.2 Å². The third-order valence-electron chi connectivity index (χ3n) is 6.11. The van der Waals surface area contributed by atoms with Gasteiger partial charge in [0, 0.05) is 12.4 Å². The quantitative estimate of drug-likeness (QED) is 0.794. The minimum atomic E-state index is -0.216. The number of fused-ring (bicyclic) bond motifs is 2. The van der Waals surface area contributed by atoms with Gasteiger partial charge in [0.2, 0.25) is 0 Å². The smallest absolute Gasteiger partial charge is 0.313 e. The van der Waals surface area contributed by atoms with Crippen molar-refractivity contribution in [2.24, 2.45) is 23.2 Å². The molecule has 114 valence electrons. The second-order valence-corrected chi connectivity index (χ2v) is 7.43. The van der Waals surface area contributed by atoms with Crippen LogP contribution in [-0.4, -0.2) is 17.1 Å². The van der Waals surface area contributed by atoms with Gasteiger partial charge in [-0.3, -0.25) is 9.78 Å². The molecular weight excluding hydrogens is 262 g/mol. The fraction of sp³-hybridized carbons (Fsp3) is 0.667. The first-order valence-corrected chi connectivity index (χ1v) is 8.01. The van der Waals surface area contributed by atoms with Crippen LogP contribution in [0.3, 0.4) is 0 Å². The maximum absolute atomic E-state index is 12.4. The third kappa shape index (κ3) is 2.37. The standard InChI is InChI=1S/C18H25NO2/c1-11(13-5-7-19-8-6-13)17(20)21-16-10-14-9-15(12(16)2)18(14,3)4/h5-8,11-12,14-16H,9-10H2,1-4H3/t11-,12+,14+,15-,16+/m0/s1. The van der Waals surface area contributed by atoms with E-state index in [1.165, 1.54) is 6.42 Å². The summed E-state index contributed by atoms with van der Waals surface area (Å²) in [5.74, 6) is 1.57. The molecule has 1 heterocycles. The largest absolute Gasteiger partial charge is 0.462 e. The molecule has 3 aliphatic carbocycles. The number of pyridine rings is 1. The molecule has 3 heteroatoms. The lowest BCUT2D eigenvalue weighted by Crippen LogP contribution is -2.57. The van der Waals surface area contributed by atoms with Crippen LogP contribution >= 0.6 is 0 Å². The highest BCUT2D eigenvalue weighted by Crippen LogP contribution is 2.61. The lowest BCUT2D eigenvalue weighted by Gasteiger charge is -2.61. The summed E-state index contributed by atoms with van der Waals surface area (Å²) in [6.07, 6.45) is 5.88. The summed E-state index contributed by atoms with van der Waals surface area (Å²) in [5.41, 5.74) is 1.41. The number of hydrogen-bond donors (Lipinski definition) is 0. The Kier molecular flexibility index (Phi) is 3.54. The van der Waals surface area contributed by atoms with Gasteiger partial charge in [0.05, 0.1) is 5.92 Å². The number of hydrogen-bond acceptors (Lipinski definition) is 3. The Balaban J connectivity index is 1.64. The Morgan fingerprint density at radius 3 is 2.57 bits per heavy atom. The number of carbonyl (C=O) groups is 1. The lowest BCUT2D eigenvalue weighted by atomic mass is 9.45. The highest BCUT2D eigenvalue weighted by atomic mass is 16.5. The van der Waals surface area contributed by atoms with Crippen molar-refractivity contribution in [3.63, 3.8) is 0 Å². The molecule has 0 radical (unpaired) electrons. The molecule has 1 aromatic rings. The average Bonchev–Trinajstić information content (AvgIpc) is 2.48. The zero-order valence-corrected chi connectivity index (χ0v) is 13.4. The number of ether oxygens (including phenoxy) is 1. The molecule has 4 rings (SSSR count). The molecule has 2 bridgehead atoms. The van der Waals surface area contributed by atoms with Gasteiger partial charge >= 0.3 is 5.97 Å². The van der Waals surface area contributed by atoms with E-state index in [-0.39, 0.29) is 18.0 Å². The van der Waals surface area contributed by atoms with Crippen LogP contribution in [0.15, 0.2) is 24.5 Å². The molecular formula is C18H25NO2. The van der Waals surface area contributed by atoms with Crippen LogP contribution in [0.25, 0.3) is 0 Å². The molecule has 3 aliphatic rings. The summed E-state index contributed by atoms with van der Waals surface area (Å²) < 4.78 is 5.85. The average molecular weight is 287 g/mol. The van der Waals surface area contributed by atoms with Gasteiger partial charge in [-0.1, -0.05) is 20.8 Å². The first kappa shape index (κ1) is 14.6. The molecule has 1 aromatic heterocycles. The monoisotopic (exact) mass is 287 g/mol. The van der Waals surface area contributed by atoms with Gasteiger partial charge in [0.15, 0.2) is 0 Å². The number of aromatic nitrogens is 1. The van der Waals surface area contributed by atoms with Gasteiger partial charge in [0.1, 0.15) is 6.10 Å². The second-order valence-electron chi connectivity index (χ2n) is 7.43. The van der Waals surface area contributed by atoms with Crippen molar-refractivity contribution in [2.45, 2.75) is 52.6 Å². The van der Waals surface area contributed by atoms with Crippen molar-refractivity contribution in [3.8, 4) is 0 Å². The zero-order valence-electron chi connectivity index (χ0n) is 13.4. The van der Waals surface area contributed by atoms with Gasteiger partial charge in [-0.2, -0.15) is 0 Å². The number of rotatable bonds is 3. The van der Waals surface area contributed by atoms with Gasteiger partial charge < -0.3 is 4.74 Å². The van der Waals surface area contributed by atoms with Crippen LogP contribution in [0.4, 0.5) is 0 Å². The van der Waals surface area contributed by atoms with Crippen LogP contribution in [0.2, 0.25) is 0 Å². The van der Waals surface area contributed by atoms with E-state index in [0.717, 1.165) is 12.0 Å². The molecule has 0 aromatic carbocycles. The van der Waals surface area contributed by atoms with E-state index in [4.69, 9.17) is 4.74 Å². The van der Waals surface area contributed by atoms with Crippen molar-refractivity contribution >= 4 is 5.97 Å². The number of carbonyl (C=O) groups excluding carboxylic acids is 1. The third-order valence-corrected chi connectivity index (χ3v) is 6.11. The fourth-order valence-electron chi connectivity index (χ4n) is 4.30. The van der Waals surface area contributed by atoms with Gasteiger partial charge in [-0.25, -0.2) is 0 Å². The van der Waals surface area contributed by atoms with Crippen LogP contribution < -0.4 is 0 Å². The van der Waals surface area contributed by atoms with Crippen LogP contribution in [-0.2, 0) is 9.53 Å². The highest BCUT2D eigenvalue weighted by molar-refractivity contribution is 5.77. The Morgan fingerprint density at radius 1 is 1.33 bits per heavy atom. The van der Waals surface area contributed by atoms with Crippen molar-refractivity contribution in [2.75, 3.05) is 0 Å². The first-order valence-electron chi connectivity index (χ1n) is 8.01. The fourth-order valence-corrected chi connectivity index (χ4v) is 4.30. The van der Waals surface area contributed by atoms with E-state index in [9.17, 15) is 4.79 Å². The molecule has 3 fully saturated rings. The topological polar surface area (TPSA) is 39.2 Å². The SMILES string of the molecule is C[C@H]1[C@H](OC(=O)[C@@H](C)c2ccncc2)C[C@H]2C[C@@H]1C2(C)C. The second kappa shape index (κ2) is 5.11. The molecule has 5 atom stereocenters. The Bertz CT molecular complexity index is 525. The van der Waals surface area contributed by atoms with E-state index < -0.39 is 0 Å². The van der Waals surface area contributed by atoms with Crippen molar-refractivity contribution in [3.05, 3.63) is 30.1 Å². The summed E-state index contributed by atoms with van der Waals surface area (Å²) in [6, 6.07) is 3.77. The van der Waals surface area contributed by atoms with E-state index in [1.54, 1.807) is 12.4 Å². The minimum Gasteiger partial charge on any atom is -0.462 e. The minimum absolute atomic E-state index is 0.0959. The molecule has 0 saturated heterocycles. The molecule has 0 amide bonds. The molecule has 0 unspecified atom stereocenters. The van der Waals surface area contributed by atoms with E-state index in [2.05, 4.69) is 25.8 Å². The predicted octanol–water partition coefficient (Wildman–Crippen LogP) is 3.80. The predicted molar refractivity (Wildman–Crippen MR) is 81.7 cm³/mol. The van der Waals surface area contributed by atoms with E-state index in [1.807, 2.05) is 19.1 Å². The molecule has 21 heavy (non-hydrogen) atoms.